The second-order valence-corrected chi connectivity index (χ2v) is 31.6. The van der Waals surface area contributed by atoms with E-state index >= 15 is 9.59 Å². The number of aliphatic hydroxyl groups excluding tert-OH is 1. The van der Waals surface area contributed by atoms with Crippen molar-refractivity contribution in [1.82, 2.24) is 66.2 Å². The lowest BCUT2D eigenvalue weighted by Crippen LogP contribution is -2.63. The Bertz CT molecular complexity index is 2860. The number of carboxylic acids is 1. The highest BCUT2D eigenvalue weighted by atomic mass is 32.2. The van der Waals surface area contributed by atoms with Crippen molar-refractivity contribution in [2.45, 2.75) is 266 Å². The number of amides is 13. The number of allylic oxidation sites excluding steroid dienone is 2. The van der Waals surface area contributed by atoms with Gasteiger partial charge in [0.15, 0.2) is 0 Å². The van der Waals surface area contributed by atoms with E-state index in [4.69, 9.17) is 5.11 Å². The number of urea groups is 1. The summed E-state index contributed by atoms with van der Waals surface area (Å²) in [6.07, 6.45) is 5.92. The maximum atomic E-state index is 15.1. The molecule has 15 atom stereocenters. The molecule has 101 heavy (non-hydrogen) atoms. The number of nitrogens with one attached hydrogen (secondary N) is 6. The molecule has 3 rings (SSSR count). The summed E-state index contributed by atoms with van der Waals surface area (Å²) in [6, 6.07) is -11.9. The van der Waals surface area contributed by atoms with Gasteiger partial charge in [0.25, 0.3) is 0 Å². The quantitative estimate of drug-likeness (QED) is 0.0484. The molecule has 0 spiro atoms. The Morgan fingerprint density at radius 2 is 1.00 bits per heavy atom. The van der Waals surface area contributed by atoms with Crippen molar-refractivity contribution < 1.29 is 72.5 Å². The number of nitrogens with zero attached hydrogens (tertiary/aromatic N) is 7. The summed E-state index contributed by atoms with van der Waals surface area (Å²) in [7, 11) is 9.92. The number of carbonyl (C=O) groups excluding carboxylic acids is 12. The second kappa shape index (κ2) is 41.9. The first-order valence-electron chi connectivity index (χ1n) is 36.1. The molecule has 3 aliphatic rings. The fourth-order valence-corrected chi connectivity index (χ4v) is 14.5. The van der Waals surface area contributed by atoms with E-state index < -0.39 is 162 Å². The molecule has 8 N–H and O–H groups in total. The molecule has 0 aliphatic carbocycles. The minimum absolute atomic E-state index is 0.0229. The van der Waals surface area contributed by atoms with E-state index in [1.165, 1.54) is 87.7 Å². The van der Waals surface area contributed by atoms with E-state index in [0.29, 0.717) is 11.7 Å². The third-order valence-electron chi connectivity index (χ3n) is 19.1. The normalized spacial score (nSPS) is 27.7. The lowest BCUT2D eigenvalue weighted by Gasteiger charge is -2.41. The molecular formula is C72H127N13O15S. The number of aliphatic hydroxyl groups is 1. The largest absolute Gasteiger partial charge is 0.481 e. The Balaban J connectivity index is 0.00000187. The molecule has 3 saturated heterocycles. The fraction of sp³-hybridized carbons (Fsp3) is 0.792. The minimum atomic E-state index is -1.61. The highest BCUT2D eigenvalue weighted by Crippen LogP contribution is 2.33. The van der Waals surface area contributed by atoms with Crippen LogP contribution >= 0.6 is 11.8 Å². The van der Waals surface area contributed by atoms with E-state index in [9.17, 15) is 57.8 Å². The molecule has 3 fully saturated rings. The van der Waals surface area contributed by atoms with Crippen LogP contribution in [0.15, 0.2) is 12.2 Å². The van der Waals surface area contributed by atoms with Crippen LogP contribution in [0.25, 0.3) is 0 Å². The van der Waals surface area contributed by atoms with Gasteiger partial charge >= 0.3 is 12.0 Å². The minimum Gasteiger partial charge on any atom is -0.481 e. The molecule has 29 heteroatoms. The van der Waals surface area contributed by atoms with Gasteiger partial charge in [0, 0.05) is 66.8 Å². The first-order valence-corrected chi connectivity index (χ1v) is 37.2. The summed E-state index contributed by atoms with van der Waals surface area (Å²) in [4.78, 5) is 190. The van der Waals surface area contributed by atoms with Crippen LogP contribution in [0, 0.1) is 41.4 Å². The van der Waals surface area contributed by atoms with E-state index in [2.05, 4.69) is 31.9 Å². The molecule has 0 saturated carbocycles. The van der Waals surface area contributed by atoms with Gasteiger partial charge in [0.2, 0.25) is 65.0 Å². The average molecular weight is 1450 g/mol. The second-order valence-electron chi connectivity index (χ2n) is 30.4. The molecule has 0 bridgehead atoms. The van der Waals surface area contributed by atoms with Crippen LogP contribution in [0.1, 0.15) is 182 Å². The van der Waals surface area contributed by atoms with Crippen LogP contribution < -0.4 is 31.9 Å². The lowest BCUT2D eigenvalue weighted by molar-refractivity contribution is -0.157. The lowest BCUT2D eigenvalue weighted by atomic mass is 9.91. The standard InChI is InChI=1S/C62H111N11O12.C10H16N2O3S/c1-25-27-28-40(15)52(75)51-56(79)65-43(26-2)58(81)67(18)33-48(74)68(19)44(29-34(3)4)55(78)66-49(38(11)12)61(84)69(20)45(30-35(5)6)54(77)63-41(16)53(76)64-42(17)57(80)70(21)46(31-36(7)8)59(82)71(22)47(32-37(9)10)60(83)72(23)50(39(13)14)62(85)73(51)24;13-8(14)4-2-1-3-7-9-6(5-16-7)11-10(15)12-9/h25,27,34-47,49-52,75H,26,28-33H2,1-24H3,(H,63,77)(H,64,76)(H,65,79)(H,66,78);6-7,9H,1-5H2,(H,13,14)(H2,11,12,15)/b27-25+;/t40-,41+,42-,43+,44+,45+,46+,47+,49+,50+,51+,52-;6-,7-,9-/m10/s1. The summed E-state index contributed by atoms with van der Waals surface area (Å²) in [6.45, 7) is 29.3. The molecule has 13 amide bonds. The third-order valence-corrected chi connectivity index (χ3v) is 20.7. The molecule has 0 unspecified atom stereocenters. The molecule has 0 radical (unpaired) electrons. The number of unbranched alkanes of at least 4 members (excludes halogenated alkanes) is 1. The molecular weight excluding hydrogens is 1320 g/mol. The summed E-state index contributed by atoms with van der Waals surface area (Å²) < 4.78 is 0. The number of carboxylic acid groups (broad SMARTS) is 1. The van der Waals surface area contributed by atoms with Crippen molar-refractivity contribution >= 4 is 88.7 Å². The monoisotopic (exact) mass is 1450 g/mol. The fourth-order valence-electron chi connectivity index (χ4n) is 12.9. The van der Waals surface area contributed by atoms with E-state index in [1.54, 1.807) is 54.5 Å². The first kappa shape index (κ1) is 90.0. The summed E-state index contributed by atoms with van der Waals surface area (Å²) >= 11 is 1.87. The Morgan fingerprint density at radius 3 is 1.50 bits per heavy atom. The zero-order chi connectivity index (χ0) is 77.5. The number of carbonyl (C=O) groups is 13. The predicted octanol–water partition coefficient (Wildman–Crippen LogP) is 4.07. The first-order chi connectivity index (χ1) is 46.9. The Labute approximate surface area is 605 Å². The molecule has 3 heterocycles. The van der Waals surface area contributed by atoms with Crippen LogP contribution in [0.3, 0.4) is 0 Å². The van der Waals surface area contributed by atoms with Gasteiger partial charge in [-0.05, 0) is 114 Å². The SMILES string of the molecule is C/C=C/C[C@@H](C)[C@@H](O)[C@H]1C(=O)N[C@@H](CC)C(=O)N(C)CC(=O)N(C)[C@@H](CC(C)C)C(=O)N[C@@H](C(C)C)C(=O)N(C)[C@@H](CC(C)C)C(=O)N[C@@H](C)C(=O)N[C@H](C)C(=O)N(C)[C@@H](CC(C)C)C(=O)N(C)[C@@H](CC(C)C)C(=O)N(C)[C@@H](C(C)C)C(=O)N1C.O=C(O)CCCC[C@@H]1SC[C@@H]2NC(=O)N[C@@H]21. The van der Waals surface area contributed by atoms with Crippen molar-refractivity contribution in [3.05, 3.63) is 12.2 Å². The van der Waals surface area contributed by atoms with Gasteiger partial charge in [-0.3, -0.25) is 57.5 Å². The maximum Gasteiger partial charge on any atom is 0.315 e. The van der Waals surface area contributed by atoms with Crippen LogP contribution in [0.4, 0.5) is 4.79 Å². The molecule has 576 valence electrons. The van der Waals surface area contributed by atoms with Gasteiger partial charge in [-0.15, -0.1) is 0 Å². The Morgan fingerprint density at radius 1 is 0.525 bits per heavy atom. The molecule has 0 aromatic heterocycles. The zero-order valence-electron chi connectivity index (χ0n) is 65.0. The highest BCUT2D eigenvalue weighted by Gasteiger charge is 2.47. The van der Waals surface area contributed by atoms with Crippen LogP contribution in [-0.2, 0) is 57.5 Å². The highest BCUT2D eigenvalue weighted by molar-refractivity contribution is 8.00. The van der Waals surface area contributed by atoms with Crippen LogP contribution in [0.2, 0.25) is 0 Å². The number of rotatable bonds is 20. The van der Waals surface area contributed by atoms with Crippen molar-refractivity contribution in [2.75, 3.05) is 61.6 Å². The number of hydrogen-bond donors (Lipinski definition) is 8. The Hall–Kier alpha value is -7.04. The smallest absolute Gasteiger partial charge is 0.315 e. The number of thioether (sulfide) groups is 1. The number of fused-ring (bicyclic) bond motifs is 1. The number of hydrogen-bond acceptors (Lipinski definition) is 15. The third kappa shape index (κ3) is 26.3. The predicted molar refractivity (Wildman–Crippen MR) is 390 cm³/mol. The van der Waals surface area contributed by atoms with Crippen molar-refractivity contribution in [3.8, 4) is 0 Å². The zero-order valence-corrected chi connectivity index (χ0v) is 65.8. The maximum absolute atomic E-state index is 15.1. The van der Waals surface area contributed by atoms with E-state index in [0.717, 1.165) is 34.8 Å². The Kier molecular flexibility index (Phi) is 37.4. The van der Waals surface area contributed by atoms with Gasteiger partial charge in [0.05, 0.1) is 24.7 Å². The van der Waals surface area contributed by atoms with Gasteiger partial charge in [0.1, 0.15) is 60.4 Å². The number of likely N-dealkylation sites (N-methyl/N-ethyl adjacent to an activating group) is 7. The van der Waals surface area contributed by atoms with Crippen molar-refractivity contribution in [2.24, 2.45) is 41.4 Å². The van der Waals surface area contributed by atoms with Crippen molar-refractivity contribution in [1.29, 1.82) is 0 Å². The molecule has 3 aliphatic heterocycles. The van der Waals surface area contributed by atoms with Gasteiger partial charge in [-0.25, -0.2) is 4.79 Å². The van der Waals surface area contributed by atoms with Crippen LogP contribution in [0.5, 0.6) is 0 Å². The van der Waals surface area contributed by atoms with E-state index in [1.807, 2.05) is 73.2 Å². The van der Waals surface area contributed by atoms with Crippen LogP contribution in [-0.4, -0.2) is 267 Å². The van der Waals surface area contributed by atoms with Gasteiger partial charge < -0.3 is 76.4 Å². The number of aliphatic carboxylic acids is 1. The molecule has 28 nitrogen and oxygen atoms in total. The summed E-state index contributed by atoms with van der Waals surface area (Å²) in [5, 5.41) is 37.8. The molecule has 0 aromatic rings. The van der Waals surface area contributed by atoms with Gasteiger partial charge in [-0.2, -0.15) is 11.8 Å². The molecule has 0 aromatic carbocycles. The summed E-state index contributed by atoms with van der Waals surface area (Å²) in [5.74, 6) is -9.47. The average Bonchev–Trinajstić information content (AvgIpc) is 1.50. The van der Waals surface area contributed by atoms with Crippen molar-refractivity contribution in [3.63, 3.8) is 0 Å². The van der Waals surface area contributed by atoms with Gasteiger partial charge in [-0.1, -0.05) is 116 Å². The summed E-state index contributed by atoms with van der Waals surface area (Å²) in [5.41, 5.74) is 0. The van der Waals surface area contributed by atoms with E-state index in [-0.39, 0.29) is 80.3 Å². The topological polar surface area (TPSA) is 357 Å².